The zero-order valence-corrected chi connectivity index (χ0v) is 18.2. The highest BCUT2D eigenvalue weighted by Gasteiger charge is 2.19. The second-order valence-electron chi connectivity index (χ2n) is 7.62. The van der Waals surface area contributed by atoms with E-state index in [0.717, 1.165) is 18.4 Å². The van der Waals surface area contributed by atoms with E-state index < -0.39 is 5.91 Å². The molecule has 4 aromatic rings. The molecule has 0 bridgehead atoms. The Hall–Kier alpha value is -3.81. The van der Waals surface area contributed by atoms with E-state index in [4.69, 9.17) is 0 Å². The summed E-state index contributed by atoms with van der Waals surface area (Å²) in [5, 5.41) is 24.6. The number of benzene rings is 2. The van der Waals surface area contributed by atoms with Gasteiger partial charge in [0, 0.05) is 23.9 Å². The molecule has 0 radical (unpaired) electrons. The molecule has 2 aromatic heterocycles. The van der Waals surface area contributed by atoms with Gasteiger partial charge in [0.15, 0.2) is 11.4 Å². The maximum absolute atomic E-state index is 13.0. The summed E-state index contributed by atoms with van der Waals surface area (Å²) in [6, 6.07) is 14.3. The van der Waals surface area contributed by atoms with Crippen LogP contribution >= 0.6 is 0 Å². The molecule has 1 N–H and O–H groups in total. The molecule has 164 valence electrons. The molecule has 4 rings (SSSR count). The SMILES string of the molecule is CCCCn1c(O)c(N=NC(=O)c2nn(CCC)c(=O)c3ccccc23)c2ccccc21. The molecule has 0 aliphatic heterocycles. The Bertz CT molecular complexity index is 1380. The number of carbonyl (C=O) groups is 1. The van der Waals surface area contributed by atoms with Crippen molar-refractivity contribution in [2.45, 2.75) is 46.2 Å². The van der Waals surface area contributed by atoms with Gasteiger partial charge in [0.2, 0.25) is 5.88 Å². The van der Waals surface area contributed by atoms with Crippen molar-refractivity contribution in [2.75, 3.05) is 0 Å². The van der Waals surface area contributed by atoms with Crippen LogP contribution in [0.25, 0.3) is 21.7 Å². The molecule has 0 saturated heterocycles. The van der Waals surface area contributed by atoms with Crippen LogP contribution in [-0.2, 0) is 13.1 Å². The summed E-state index contributed by atoms with van der Waals surface area (Å²) < 4.78 is 3.08. The predicted molar refractivity (Wildman–Crippen MR) is 124 cm³/mol. The third-order valence-electron chi connectivity index (χ3n) is 5.40. The van der Waals surface area contributed by atoms with Gasteiger partial charge in [-0.25, -0.2) is 4.68 Å². The summed E-state index contributed by atoms with van der Waals surface area (Å²) in [5.74, 6) is -0.694. The fourth-order valence-electron chi connectivity index (χ4n) is 3.81. The number of aromatic nitrogens is 3. The van der Waals surface area contributed by atoms with Gasteiger partial charge in [0.05, 0.1) is 10.9 Å². The highest BCUT2D eigenvalue weighted by Crippen LogP contribution is 2.39. The highest BCUT2D eigenvalue weighted by molar-refractivity contribution is 6.05. The van der Waals surface area contributed by atoms with Gasteiger partial charge in [-0.05, 0) is 25.0 Å². The first-order valence-electron chi connectivity index (χ1n) is 10.8. The Morgan fingerprint density at radius 3 is 2.38 bits per heavy atom. The van der Waals surface area contributed by atoms with Gasteiger partial charge in [-0.15, -0.1) is 10.2 Å². The minimum atomic E-state index is -0.671. The maximum Gasteiger partial charge on any atom is 0.316 e. The summed E-state index contributed by atoms with van der Waals surface area (Å²) in [6.45, 7) is 5.05. The van der Waals surface area contributed by atoms with Crippen LogP contribution in [0.5, 0.6) is 5.88 Å². The molecule has 0 saturated carbocycles. The van der Waals surface area contributed by atoms with E-state index in [0.29, 0.717) is 35.7 Å². The number of aromatic hydroxyl groups is 1. The van der Waals surface area contributed by atoms with Crippen LogP contribution in [0.2, 0.25) is 0 Å². The number of rotatable bonds is 7. The number of azo groups is 1. The van der Waals surface area contributed by atoms with Crippen molar-refractivity contribution in [1.29, 1.82) is 0 Å². The van der Waals surface area contributed by atoms with E-state index in [-0.39, 0.29) is 22.8 Å². The van der Waals surface area contributed by atoms with Crippen molar-refractivity contribution in [3.63, 3.8) is 0 Å². The van der Waals surface area contributed by atoms with E-state index >= 15 is 0 Å². The lowest BCUT2D eigenvalue weighted by Gasteiger charge is -2.07. The van der Waals surface area contributed by atoms with E-state index in [9.17, 15) is 14.7 Å². The topological polar surface area (TPSA) is 102 Å². The molecular weight excluding hydrogens is 406 g/mol. The third kappa shape index (κ3) is 3.79. The Morgan fingerprint density at radius 2 is 1.66 bits per heavy atom. The minimum absolute atomic E-state index is 0.0232. The zero-order chi connectivity index (χ0) is 22.7. The molecule has 8 heteroatoms. The molecule has 0 fully saturated rings. The number of aryl methyl sites for hydroxylation is 2. The van der Waals surface area contributed by atoms with Crippen molar-refractivity contribution < 1.29 is 9.90 Å². The number of amides is 1. The number of para-hydroxylation sites is 1. The lowest BCUT2D eigenvalue weighted by atomic mass is 10.1. The Morgan fingerprint density at radius 1 is 0.969 bits per heavy atom. The smallest absolute Gasteiger partial charge is 0.316 e. The van der Waals surface area contributed by atoms with Crippen LogP contribution in [0, 0.1) is 0 Å². The Kier molecular flexibility index (Phi) is 6.11. The quantitative estimate of drug-likeness (QED) is 0.407. The maximum atomic E-state index is 13.0. The van der Waals surface area contributed by atoms with Gasteiger partial charge in [-0.3, -0.25) is 9.59 Å². The molecule has 1 amide bonds. The first-order chi connectivity index (χ1) is 15.6. The fourth-order valence-corrected chi connectivity index (χ4v) is 3.81. The van der Waals surface area contributed by atoms with E-state index in [2.05, 4.69) is 22.3 Å². The third-order valence-corrected chi connectivity index (χ3v) is 5.40. The first-order valence-corrected chi connectivity index (χ1v) is 10.8. The molecule has 8 nitrogen and oxygen atoms in total. The number of fused-ring (bicyclic) bond motifs is 2. The van der Waals surface area contributed by atoms with E-state index in [1.807, 2.05) is 31.2 Å². The van der Waals surface area contributed by atoms with Crippen molar-refractivity contribution in [3.05, 3.63) is 64.6 Å². The number of carbonyl (C=O) groups excluding carboxylic acids is 1. The van der Waals surface area contributed by atoms with Crippen molar-refractivity contribution >= 4 is 33.3 Å². The molecule has 0 atom stereocenters. The fraction of sp³-hybridized carbons (Fsp3) is 0.292. The average Bonchev–Trinajstić information content (AvgIpc) is 3.08. The number of hydrogen-bond donors (Lipinski definition) is 1. The molecular formula is C24H25N5O3. The zero-order valence-electron chi connectivity index (χ0n) is 18.2. The highest BCUT2D eigenvalue weighted by atomic mass is 16.3. The van der Waals surface area contributed by atoms with Gasteiger partial charge in [-0.1, -0.05) is 56.7 Å². The lowest BCUT2D eigenvalue weighted by molar-refractivity contribution is 0.0989. The standard InChI is InChI=1S/C24H25N5O3/c1-3-5-15-28-19-13-9-8-12-18(19)21(24(28)32)25-26-22(30)20-16-10-6-7-11-17(16)23(31)29(27-20)14-4-2/h6-13,32H,3-5,14-15H2,1-2H3. The average molecular weight is 431 g/mol. The predicted octanol–water partition coefficient (Wildman–Crippen LogP) is 5.19. The summed E-state index contributed by atoms with van der Waals surface area (Å²) >= 11 is 0. The molecule has 32 heavy (non-hydrogen) atoms. The molecule has 0 aliphatic rings. The van der Waals surface area contributed by atoms with Crippen LogP contribution in [-0.4, -0.2) is 25.4 Å². The van der Waals surface area contributed by atoms with Crippen LogP contribution in [0.4, 0.5) is 5.69 Å². The van der Waals surface area contributed by atoms with Crippen LogP contribution < -0.4 is 5.56 Å². The largest absolute Gasteiger partial charge is 0.493 e. The van der Waals surface area contributed by atoms with Crippen molar-refractivity contribution in [1.82, 2.24) is 14.3 Å². The first kappa shape index (κ1) is 21.4. The van der Waals surface area contributed by atoms with Gasteiger partial charge < -0.3 is 9.67 Å². The van der Waals surface area contributed by atoms with E-state index in [1.165, 1.54) is 4.68 Å². The number of nitrogens with zero attached hydrogens (tertiary/aromatic N) is 5. The lowest BCUT2D eigenvalue weighted by Crippen LogP contribution is -2.25. The summed E-state index contributed by atoms with van der Waals surface area (Å²) in [7, 11) is 0. The summed E-state index contributed by atoms with van der Waals surface area (Å²) in [5.41, 5.74) is 0.898. The van der Waals surface area contributed by atoms with Gasteiger partial charge in [0.1, 0.15) is 0 Å². The minimum Gasteiger partial charge on any atom is -0.493 e. The van der Waals surface area contributed by atoms with Crippen LogP contribution in [0.1, 0.15) is 43.6 Å². The molecule has 0 unspecified atom stereocenters. The molecule has 2 heterocycles. The second-order valence-corrected chi connectivity index (χ2v) is 7.62. The summed E-state index contributed by atoms with van der Waals surface area (Å²) in [4.78, 5) is 25.7. The normalized spacial score (nSPS) is 11.7. The van der Waals surface area contributed by atoms with Crippen LogP contribution in [0.3, 0.4) is 0 Å². The van der Waals surface area contributed by atoms with E-state index in [1.54, 1.807) is 28.8 Å². The molecule has 0 aliphatic carbocycles. The van der Waals surface area contributed by atoms with Gasteiger partial charge >= 0.3 is 5.91 Å². The second kappa shape index (κ2) is 9.13. The number of unbranched alkanes of at least 4 members (excludes halogenated alkanes) is 1. The van der Waals surface area contributed by atoms with Crippen molar-refractivity contribution in [2.24, 2.45) is 10.2 Å². The Labute approximate surface area is 184 Å². The molecule has 2 aromatic carbocycles. The monoisotopic (exact) mass is 431 g/mol. The van der Waals surface area contributed by atoms with Crippen molar-refractivity contribution in [3.8, 4) is 5.88 Å². The van der Waals surface area contributed by atoms with Gasteiger partial charge in [-0.2, -0.15) is 5.10 Å². The number of hydrogen-bond acceptors (Lipinski definition) is 5. The van der Waals surface area contributed by atoms with Gasteiger partial charge in [0.25, 0.3) is 5.56 Å². The summed E-state index contributed by atoms with van der Waals surface area (Å²) in [6.07, 6.45) is 2.58. The van der Waals surface area contributed by atoms with Crippen LogP contribution in [0.15, 0.2) is 63.6 Å². The Balaban J connectivity index is 1.79. The molecule has 0 spiro atoms.